The molecule has 0 aliphatic heterocycles. The van der Waals surface area contributed by atoms with Gasteiger partial charge < -0.3 is 9.88 Å². The van der Waals surface area contributed by atoms with Crippen LogP contribution in [-0.2, 0) is 7.05 Å². The first-order valence-electron chi connectivity index (χ1n) is 6.25. The van der Waals surface area contributed by atoms with Gasteiger partial charge in [-0.1, -0.05) is 12.8 Å². The van der Waals surface area contributed by atoms with E-state index in [0.29, 0.717) is 6.04 Å². The van der Waals surface area contributed by atoms with E-state index in [1.54, 1.807) is 6.07 Å². The molecule has 1 N–H and O–H groups in total. The number of hydrogen-bond donors (Lipinski definition) is 1. The molecular formula is C14H17FN2. The van der Waals surface area contributed by atoms with Crippen molar-refractivity contribution in [2.45, 2.75) is 31.7 Å². The van der Waals surface area contributed by atoms with Gasteiger partial charge in [0.1, 0.15) is 5.82 Å². The molecule has 90 valence electrons. The van der Waals surface area contributed by atoms with Crippen molar-refractivity contribution in [2.24, 2.45) is 7.05 Å². The molecule has 1 fully saturated rings. The topological polar surface area (TPSA) is 17.0 Å². The monoisotopic (exact) mass is 232 g/mol. The Kier molecular flexibility index (Phi) is 2.54. The highest BCUT2D eigenvalue weighted by molar-refractivity contribution is 5.93. The molecule has 1 aliphatic carbocycles. The molecule has 0 bridgehead atoms. The first-order chi connectivity index (χ1) is 8.24. The Labute approximate surface area is 100 Å². The minimum atomic E-state index is -0.168. The van der Waals surface area contributed by atoms with E-state index in [2.05, 4.69) is 11.5 Å². The van der Waals surface area contributed by atoms with Crippen molar-refractivity contribution in [3.05, 3.63) is 30.2 Å². The fraction of sp³-hybridized carbons (Fsp3) is 0.429. The standard InChI is InChI=1S/C14H17FN2/c1-17-9-13(16-11-4-2-3-5-11)12-8-10(15)6-7-14(12)17/h6-9,11,16H,2-5H2,1H3. The predicted octanol–water partition coefficient (Wildman–Crippen LogP) is 3.67. The third kappa shape index (κ3) is 1.90. The average Bonchev–Trinajstić information content (AvgIpc) is 2.89. The van der Waals surface area contributed by atoms with Crippen molar-refractivity contribution in [3.63, 3.8) is 0 Å². The molecule has 0 atom stereocenters. The second kappa shape index (κ2) is 4.06. The minimum absolute atomic E-state index is 0.168. The van der Waals surface area contributed by atoms with E-state index in [9.17, 15) is 4.39 Å². The minimum Gasteiger partial charge on any atom is -0.381 e. The summed E-state index contributed by atoms with van der Waals surface area (Å²) in [6, 6.07) is 5.53. The van der Waals surface area contributed by atoms with E-state index in [4.69, 9.17) is 0 Å². The van der Waals surface area contributed by atoms with Crippen molar-refractivity contribution in [3.8, 4) is 0 Å². The van der Waals surface area contributed by atoms with Crippen LogP contribution in [0, 0.1) is 5.82 Å². The van der Waals surface area contributed by atoms with Crippen LogP contribution >= 0.6 is 0 Å². The lowest BCUT2D eigenvalue weighted by Gasteiger charge is -2.12. The molecule has 0 spiro atoms. The molecule has 1 aliphatic rings. The second-order valence-corrected chi connectivity index (χ2v) is 4.94. The number of halogens is 1. The number of nitrogens with one attached hydrogen (secondary N) is 1. The fourth-order valence-corrected chi connectivity index (χ4v) is 2.77. The van der Waals surface area contributed by atoms with E-state index in [1.807, 2.05) is 17.7 Å². The van der Waals surface area contributed by atoms with Crippen LogP contribution < -0.4 is 5.32 Å². The van der Waals surface area contributed by atoms with E-state index < -0.39 is 0 Å². The van der Waals surface area contributed by atoms with Gasteiger partial charge in [0.15, 0.2) is 0 Å². The van der Waals surface area contributed by atoms with Crippen molar-refractivity contribution in [2.75, 3.05) is 5.32 Å². The summed E-state index contributed by atoms with van der Waals surface area (Å²) in [7, 11) is 2.00. The lowest BCUT2D eigenvalue weighted by Crippen LogP contribution is -2.13. The molecule has 0 amide bonds. The SMILES string of the molecule is Cn1cc(NC2CCCC2)c2cc(F)ccc21. The van der Waals surface area contributed by atoms with E-state index >= 15 is 0 Å². The third-order valence-corrected chi connectivity index (χ3v) is 3.67. The van der Waals surface area contributed by atoms with Crippen LogP contribution in [0.1, 0.15) is 25.7 Å². The number of aryl methyl sites for hydroxylation is 1. The Balaban J connectivity index is 2.00. The van der Waals surface area contributed by atoms with Gasteiger partial charge >= 0.3 is 0 Å². The number of fused-ring (bicyclic) bond motifs is 1. The molecule has 17 heavy (non-hydrogen) atoms. The Morgan fingerprint density at radius 3 is 2.82 bits per heavy atom. The van der Waals surface area contributed by atoms with Gasteiger partial charge in [-0.2, -0.15) is 0 Å². The van der Waals surface area contributed by atoms with Gasteiger partial charge in [0, 0.05) is 24.7 Å². The number of rotatable bonds is 2. The van der Waals surface area contributed by atoms with Crippen LogP contribution in [0.4, 0.5) is 10.1 Å². The van der Waals surface area contributed by atoms with Crippen LogP contribution in [0.15, 0.2) is 24.4 Å². The lowest BCUT2D eigenvalue weighted by atomic mass is 10.2. The molecule has 1 saturated carbocycles. The van der Waals surface area contributed by atoms with E-state index in [-0.39, 0.29) is 5.82 Å². The average molecular weight is 232 g/mol. The van der Waals surface area contributed by atoms with Crippen LogP contribution in [0.25, 0.3) is 10.9 Å². The summed E-state index contributed by atoms with van der Waals surface area (Å²) in [5.74, 6) is -0.168. The summed E-state index contributed by atoms with van der Waals surface area (Å²) in [5.41, 5.74) is 2.14. The molecule has 0 unspecified atom stereocenters. The van der Waals surface area contributed by atoms with Crippen LogP contribution in [0.2, 0.25) is 0 Å². The number of benzene rings is 1. The van der Waals surface area contributed by atoms with Crippen LogP contribution in [-0.4, -0.2) is 10.6 Å². The van der Waals surface area contributed by atoms with E-state index in [0.717, 1.165) is 16.6 Å². The maximum atomic E-state index is 13.3. The molecular weight excluding hydrogens is 215 g/mol. The highest BCUT2D eigenvalue weighted by Crippen LogP contribution is 2.29. The van der Waals surface area contributed by atoms with Gasteiger partial charge in [0.2, 0.25) is 0 Å². The zero-order valence-electron chi connectivity index (χ0n) is 10.0. The zero-order chi connectivity index (χ0) is 11.8. The maximum Gasteiger partial charge on any atom is 0.124 e. The van der Waals surface area contributed by atoms with Gasteiger partial charge in [0.25, 0.3) is 0 Å². The number of nitrogens with zero attached hydrogens (tertiary/aromatic N) is 1. The number of aromatic nitrogens is 1. The molecule has 0 radical (unpaired) electrons. The van der Waals surface area contributed by atoms with Gasteiger partial charge in [-0.05, 0) is 31.0 Å². The Morgan fingerprint density at radius 1 is 1.29 bits per heavy atom. The van der Waals surface area contributed by atoms with Crippen molar-refractivity contribution in [1.29, 1.82) is 0 Å². The summed E-state index contributed by atoms with van der Waals surface area (Å²) < 4.78 is 15.4. The van der Waals surface area contributed by atoms with Gasteiger partial charge in [0.05, 0.1) is 11.2 Å². The molecule has 3 rings (SSSR count). The van der Waals surface area contributed by atoms with Crippen LogP contribution in [0.3, 0.4) is 0 Å². The first kappa shape index (κ1) is 10.6. The largest absolute Gasteiger partial charge is 0.381 e. The van der Waals surface area contributed by atoms with Gasteiger partial charge in [-0.15, -0.1) is 0 Å². The van der Waals surface area contributed by atoms with Gasteiger partial charge in [-0.25, -0.2) is 4.39 Å². The second-order valence-electron chi connectivity index (χ2n) is 4.94. The summed E-state index contributed by atoms with van der Waals surface area (Å²) in [6.07, 6.45) is 7.12. The first-order valence-corrected chi connectivity index (χ1v) is 6.25. The van der Waals surface area contributed by atoms with Crippen molar-refractivity contribution >= 4 is 16.6 Å². The summed E-state index contributed by atoms with van der Waals surface area (Å²) >= 11 is 0. The molecule has 1 heterocycles. The summed E-state index contributed by atoms with van der Waals surface area (Å²) in [6.45, 7) is 0. The highest BCUT2D eigenvalue weighted by atomic mass is 19.1. The molecule has 0 saturated heterocycles. The highest BCUT2D eigenvalue weighted by Gasteiger charge is 2.16. The molecule has 1 aromatic heterocycles. The number of anilines is 1. The Hall–Kier alpha value is -1.51. The quantitative estimate of drug-likeness (QED) is 0.836. The maximum absolute atomic E-state index is 13.3. The van der Waals surface area contributed by atoms with Crippen molar-refractivity contribution < 1.29 is 4.39 Å². The predicted molar refractivity (Wildman–Crippen MR) is 68.8 cm³/mol. The summed E-state index contributed by atoms with van der Waals surface area (Å²) in [5, 5.41) is 4.53. The summed E-state index contributed by atoms with van der Waals surface area (Å²) in [4.78, 5) is 0. The fourth-order valence-electron chi connectivity index (χ4n) is 2.77. The van der Waals surface area contributed by atoms with E-state index in [1.165, 1.54) is 31.7 Å². The zero-order valence-corrected chi connectivity index (χ0v) is 10.0. The Morgan fingerprint density at radius 2 is 2.06 bits per heavy atom. The smallest absolute Gasteiger partial charge is 0.124 e. The molecule has 3 heteroatoms. The van der Waals surface area contributed by atoms with Crippen molar-refractivity contribution in [1.82, 2.24) is 4.57 Å². The Bertz CT molecular complexity index is 538. The molecule has 2 aromatic rings. The molecule has 1 aromatic carbocycles. The molecule has 2 nitrogen and oxygen atoms in total. The third-order valence-electron chi connectivity index (χ3n) is 3.67. The lowest BCUT2D eigenvalue weighted by molar-refractivity contribution is 0.629. The van der Waals surface area contributed by atoms with Gasteiger partial charge in [-0.3, -0.25) is 0 Å². The van der Waals surface area contributed by atoms with Crippen LogP contribution in [0.5, 0.6) is 0 Å². The normalized spacial score (nSPS) is 16.8. The number of hydrogen-bond acceptors (Lipinski definition) is 1.